The van der Waals surface area contributed by atoms with E-state index in [2.05, 4.69) is 32.5 Å². The zero-order valence-electron chi connectivity index (χ0n) is 7.02. The molecule has 0 rings (SSSR count). The maximum atomic E-state index is 2.43. The van der Waals surface area contributed by atoms with Crippen molar-refractivity contribution in [1.29, 1.82) is 0 Å². The molecular weight excluding hydrogens is 169 g/mol. The Kier molecular flexibility index (Phi) is 5.46. The molecule has 0 N–H and O–H groups in total. The molecule has 1 unspecified atom stereocenters. The summed E-state index contributed by atoms with van der Waals surface area (Å²) < 4.78 is 1.07. The number of hydrogen-bond acceptors (Lipinski definition) is 0. The second-order valence-electron chi connectivity index (χ2n) is 2.84. The maximum absolute atomic E-state index is 2.43. The van der Waals surface area contributed by atoms with Crippen LogP contribution in [0.5, 0.6) is 0 Å². The molecule has 0 aromatic heterocycles. The SMILES string of the molecule is C[CH]=[GeH][CH](CC)C(C)C. The van der Waals surface area contributed by atoms with Gasteiger partial charge in [-0.25, -0.2) is 0 Å². The average Bonchev–Trinajstić information content (AvgIpc) is 1.82. The van der Waals surface area contributed by atoms with Crippen LogP contribution in [0.2, 0.25) is 4.75 Å². The molecule has 0 aromatic rings. The van der Waals surface area contributed by atoms with Gasteiger partial charge in [0.1, 0.15) is 0 Å². The molecule has 9 heavy (non-hydrogen) atoms. The Balaban J connectivity index is 3.68. The molecule has 0 radical (unpaired) electrons. The van der Waals surface area contributed by atoms with Crippen LogP contribution in [0.15, 0.2) is 0 Å². The molecule has 0 bridgehead atoms. The molecule has 0 aliphatic carbocycles. The van der Waals surface area contributed by atoms with Gasteiger partial charge in [-0.15, -0.1) is 0 Å². The molecule has 0 saturated heterocycles. The predicted molar refractivity (Wildman–Crippen MR) is 47.8 cm³/mol. The normalized spacial score (nSPS) is 15.2. The molecule has 0 fully saturated rings. The summed E-state index contributed by atoms with van der Waals surface area (Å²) in [6, 6.07) is 0. The van der Waals surface area contributed by atoms with Crippen molar-refractivity contribution in [3.63, 3.8) is 0 Å². The van der Waals surface area contributed by atoms with Crippen LogP contribution in [0.4, 0.5) is 0 Å². The molecule has 0 amide bonds. The van der Waals surface area contributed by atoms with Crippen LogP contribution in [-0.4, -0.2) is 19.8 Å². The van der Waals surface area contributed by atoms with Crippen molar-refractivity contribution in [3.8, 4) is 0 Å². The molecule has 0 nitrogen and oxygen atoms in total. The zero-order valence-corrected chi connectivity index (χ0v) is 9.44. The first-order chi connectivity index (χ1) is 4.22. The van der Waals surface area contributed by atoms with Gasteiger partial charge in [-0.1, -0.05) is 0 Å². The number of rotatable bonds is 3. The summed E-state index contributed by atoms with van der Waals surface area (Å²) >= 11 is 0.0229. The topological polar surface area (TPSA) is 0 Å². The van der Waals surface area contributed by atoms with Crippen molar-refractivity contribution in [2.24, 2.45) is 5.92 Å². The Hall–Kier alpha value is 0.413. The van der Waals surface area contributed by atoms with Crippen LogP contribution in [0.25, 0.3) is 0 Å². The summed E-state index contributed by atoms with van der Waals surface area (Å²) in [7, 11) is 0. The molecule has 0 aromatic carbocycles. The van der Waals surface area contributed by atoms with Crippen LogP contribution in [0, 0.1) is 5.92 Å². The molecule has 54 valence electrons. The van der Waals surface area contributed by atoms with Gasteiger partial charge in [0.05, 0.1) is 0 Å². The van der Waals surface area contributed by atoms with Crippen LogP contribution in [-0.2, 0) is 0 Å². The fourth-order valence-electron chi connectivity index (χ4n) is 1.08. The standard InChI is InChI=1S/C8H18Ge/c1-5-8(7(3)4)9-6-2/h6-9H,5H2,1-4H3. The Morgan fingerprint density at radius 3 is 2.11 bits per heavy atom. The van der Waals surface area contributed by atoms with Gasteiger partial charge in [0.2, 0.25) is 0 Å². The fourth-order valence-corrected chi connectivity index (χ4v) is 3.62. The molecule has 0 saturated carbocycles. The zero-order chi connectivity index (χ0) is 7.28. The van der Waals surface area contributed by atoms with Crippen LogP contribution in [0.3, 0.4) is 0 Å². The third-order valence-corrected chi connectivity index (χ3v) is 6.22. The van der Waals surface area contributed by atoms with Gasteiger partial charge in [-0.3, -0.25) is 0 Å². The number of hydrogen-bond donors (Lipinski definition) is 0. The van der Waals surface area contributed by atoms with E-state index >= 15 is 0 Å². The summed E-state index contributed by atoms with van der Waals surface area (Å²) in [4.78, 5) is 2.43. The minimum absolute atomic E-state index is 0.0229. The first-order valence-electron chi connectivity index (χ1n) is 3.85. The Bertz CT molecular complexity index is 84.6. The Labute approximate surface area is 65.1 Å². The third-order valence-electron chi connectivity index (χ3n) is 1.77. The fraction of sp³-hybridized carbons (Fsp3) is 0.875. The molecule has 0 aliphatic rings. The first kappa shape index (κ1) is 9.41. The molecule has 0 aliphatic heterocycles. The summed E-state index contributed by atoms with van der Waals surface area (Å²) in [6.45, 7) is 9.21. The summed E-state index contributed by atoms with van der Waals surface area (Å²) in [6.07, 6.45) is 1.39. The van der Waals surface area contributed by atoms with E-state index in [4.69, 9.17) is 0 Å². The van der Waals surface area contributed by atoms with E-state index < -0.39 is 0 Å². The van der Waals surface area contributed by atoms with E-state index in [-0.39, 0.29) is 15.0 Å². The van der Waals surface area contributed by atoms with Gasteiger partial charge in [0.15, 0.2) is 0 Å². The van der Waals surface area contributed by atoms with Gasteiger partial charge in [-0.2, -0.15) is 0 Å². The van der Waals surface area contributed by atoms with E-state index in [0.717, 1.165) is 10.7 Å². The van der Waals surface area contributed by atoms with Crippen LogP contribution in [0.1, 0.15) is 34.1 Å². The van der Waals surface area contributed by atoms with Gasteiger partial charge in [0.25, 0.3) is 0 Å². The second-order valence-corrected chi connectivity index (χ2v) is 6.84. The minimum atomic E-state index is 0.0229. The van der Waals surface area contributed by atoms with E-state index in [1.54, 1.807) is 0 Å². The Morgan fingerprint density at radius 1 is 1.44 bits per heavy atom. The molecular formula is C8H18Ge. The van der Waals surface area contributed by atoms with Crippen molar-refractivity contribution in [3.05, 3.63) is 0 Å². The van der Waals surface area contributed by atoms with Gasteiger partial charge in [0, 0.05) is 0 Å². The average molecular weight is 187 g/mol. The third kappa shape index (κ3) is 3.90. The van der Waals surface area contributed by atoms with Crippen molar-refractivity contribution < 1.29 is 0 Å². The molecule has 0 spiro atoms. The summed E-state index contributed by atoms with van der Waals surface area (Å²) in [5.41, 5.74) is 0. The quantitative estimate of drug-likeness (QED) is 0.593. The predicted octanol–water partition coefficient (Wildman–Crippen LogP) is 2.10. The Morgan fingerprint density at radius 2 is 2.00 bits per heavy atom. The van der Waals surface area contributed by atoms with Gasteiger partial charge >= 0.3 is 64.6 Å². The van der Waals surface area contributed by atoms with E-state index in [0.29, 0.717) is 0 Å². The molecule has 1 heteroatoms. The van der Waals surface area contributed by atoms with E-state index in [1.807, 2.05) is 0 Å². The van der Waals surface area contributed by atoms with Crippen LogP contribution < -0.4 is 0 Å². The second kappa shape index (κ2) is 5.22. The molecule has 0 heterocycles. The summed E-state index contributed by atoms with van der Waals surface area (Å²) in [5.74, 6) is 0.922. The van der Waals surface area contributed by atoms with E-state index in [9.17, 15) is 0 Å². The first-order valence-corrected chi connectivity index (χ1v) is 6.64. The monoisotopic (exact) mass is 188 g/mol. The van der Waals surface area contributed by atoms with E-state index in [1.165, 1.54) is 6.42 Å². The van der Waals surface area contributed by atoms with Gasteiger partial charge in [-0.05, 0) is 0 Å². The van der Waals surface area contributed by atoms with Crippen molar-refractivity contribution in [1.82, 2.24) is 0 Å². The molecule has 1 atom stereocenters. The van der Waals surface area contributed by atoms with Gasteiger partial charge < -0.3 is 0 Å². The van der Waals surface area contributed by atoms with Crippen LogP contribution >= 0.6 is 0 Å². The van der Waals surface area contributed by atoms with Crippen molar-refractivity contribution >= 4 is 19.8 Å². The summed E-state index contributed by atoms with van der Waals surface area (Å²) in [5, 5.41) is 0. The van der Waals surface area contributed by atoms with Crippen molar-refractivity contribution in [2.75, 3.05) is 0 Å². The van der Waals surface area contributed by atoms with Crippen molar-refractivity contribution in [2.45, 2.75) is 38.9 Å².